The highest BCUT2D eigenvalue weighted by atomic mass is 16.6. The first-order valence-corrected chi connectivity index (χ1v) is 10.1. The van der Waals surface area contributed by atoms with Crippen molar-refractivity contribution in [3.63, 3.8) is 0 Å². The molecule has 0 aliphatic carbocycles. The van der Waals surface area contributed by atoms with Gasteiger partial charge in [-0.05, 0) is 13.3 Å². The topological polar surface area (TPSA) is 111 Å². The second-order valence-electron chi connectivity index (χ2n) is 5.71. The Morgan fingerprint density at radius 1 is 0.621 bits per heavy atom. The van der Waals surface area contributed by atoms with Crippen LogP contribution in [0, 0.1) is 0 Å². The first kappa shape index (κ1) is 27.7. The Bertz CT molecular complexity index is 383. The van der Waals surface area contributed by atoms with Gasteiger partial charge in [-0.1, -0.05) is 6.92 Å². The molecule has 0 saturated heterocycles. The van der Waals surface area contributed by atoms with Crippen LogP contribution in [-0.2, 0) is 42.7 Å². The van der Waals surface area contributed by atoms with Crippen LogP contribution in [0.4, 0.5) is 0 Å². The predicted molar refractivity (Wildman–Crippen MR) is 105 cm³/mol. The number of carbonyl (C=O) groups is 2. The molecule has 0 aromatic carbocycles. The molecule has 0 saturated carbocycles. The van der Waals surface area contributed by atoms with Crippen LogP contribution in [-0.4, -0.2) is 104 Å². The van der Waals surface area contributed by atoms with Gasteiger partial charge in [-0.15, -0.1) is 0 Å². The van der Waals surface area contributed by atoms with Gasteiger partial charge in [0.1, 0.15) is 13.2 Å². The minimum absolute atomic E-state index is 0.00932. The summed E-state index contributed by atoms with van der Waals surface area (Å²) < 4.78 is 36.2. The van der Waals surface area contributed by atoms with E-state index in [1.807, 2.05) is 0 Å². The van der Waals surface area contributed by atoms with E-state index in [0.717, 1.165) is 13.0 Å². The van der Waals surface area contributed by atoms with Crippen molar-refractivity contribution >= 4 is 11.9 Å². The van der Waals surface area contributed by atoms with Gasteiger partial charge in [0.15, 0.2) is 0 Å². The maximum absolute atomic E-state index is 11.6. The number of hydrogen-bond donors (Lipinski definition) is 1. The van der Waals surface area contributed by atoms with Crippen molar-refractivity contribution in [1.82, 2.24) is 5.32 Å². The van der Waals surface area contributed by atoms with Crippen molar-refractivity contribution in [3.05, 3.63) is 0 Å². The molecular formula is C19H37NO9. The molecule has 0 aromatic heterocycles. The van der Waals surface area contributed by atoms with E-state index in [-0.39, 0.29) is 25.1 Å². The number of esters is 1. The Morgan fingerprint density at radius 3 is 1.66 bits per heavy atom. The summed E-state index contributed by atoms with van der Waals surface area (Å²) in [7, 11) is 0. The molecule has 0 spiro atoms. The number of ether oxygens (including phenoxy) is 7. The van der Waals surface area contributed by atoms with Crippen molar-refractivity contribution in [2.24, 2.45) is 0 Å². The lowest BCUT2D eigenvalue weighted by Gasteiger charge is -2.08. The highest BCUT2D eigenvalue weighted by molar-refractivity contribution is 5.77. The van der Waals surface area contributed by atoms with Crippen LogP contribution >= 0.6 is 0 Å². The zero-order chi connectivity index (χ0) is 21.4. The van der Waals surface area contributed by atoms with Gasteiger partial charge in [0.05, 0.1) is 66.1 Å². The maximum Gasteiger partial charge on any atom is 0.332 e. The first-order valence-electron chi connectivity index (χ1n) is 10.1. The van der Waals surface area contributed by atoms with E-state index in [4.69, 9.17) is 33.2 Å². The minimum Gasteiger partial charge on any atom is -0.464 e. The SMILES string of the molecule is CCCOCCOCCOCC(=O)NCCOCCOCCOCC(=O)OCC. The maximum atomic E-state index is 11.6. The molecule has 0 aromatic rings. The molecule has 0 aliphatic heterocycles. The molecule has 0 radical (unpaired) electrons. The Kier molecular flexibility index (Phi) is 22.0. The van der Waals surface area contributed by atoms with E-state index in [2.05, 4.69) is 12.2 Å². The van der Waals surface area contributed by atoms with Gasteiger partial charge in [-0.2, -0.15) is 0 Å². The van der Waals surface area contributed by atoms with Gasteiger partial charge >= 0.3 is 5.97 Å². The van der Waals surface area contributed by atoms with Gasteiger partial charge in [0.2, 0.25) is 5.91 Å². The van der Waals surface area contributed by atoms with Crippen molar-refractivity contribution in [3.8, 4) is 0 Å². The first-order chi connectivity index (χ1) is 14.2. The van der Waals surface area contributed by atoms with Crippen molar-refractivity contribution in [2.45, 2.75) is 20.3 Å². The second kappa shape index (κ2) is 23.0. The summed E-state index contributed by atoms with van der Waals surface area (Å²) in [5.74, 6) is -0.584. The lowest BCUT2D eigenvalue weighted by molar-refractivity contribution is -0.149. The third-order valence-corrected chi connectivity index (χ3v) is 3.16. The molecule has 172 valence electrons. The normalized spacial score (nSPS) is 10.8. The lowest BCUT2D eigenvalue weighted by atomic mass is 10.5. The van der Waals surface area contributed by atoms with Gasteiger partial charge in [-0.25, -0.2) is 4.79 Å². The molecule has 29 heavy (non-hydrogen) atoms. The summed E-state index contributed by atoms with van der Waals surface area (Å²) in [6.07, 6.45) is 0.992. The lowest BCUT2D eigenvalue weighted by Crippen LogP contribution is -2.31. The van der Waals surface area contributed by atoms with Crippen LogP contribution in [0.2, 0.25) is 0 Å². The van der Waals surface area contributed by atoms with E-state index in [9.17, 15) is 9.59 Å². The monoisotopic (exact) mass is 423 g/mol. The third kappa shape index (κ3) is 22.8. The molecule has 10 heteroatoms. The summed E-state index contributed by atoms with van der Waals surface area (Å²) in [4.78, 5) is 22.6. The average molecular weight is 424 g/mol. The molecule has 1 N–H and O–H groups in total. The largest absolute Gasteiger partial charge is 0.464 e. The van der Waals surface area contributed by atoms with Crippen LogP contribution < -0.4 is 5.32 Å². The summed E-state index contributed by atoms with van der Waals surface area (Å²) in [5, 5.41) is 2.69. The van der Waals surface area contributed by atoms with Crippen LogP contribution in [0.3, 0.4) is 0 Å². The average Bonchev–Trinajstić information content (AvgIpc) is 2.71. The third-order valence-electron chi connectivity index (χ3n) is 3.16. The molecule has 0 atom stereocenters. The fraction of sp³-hybridized carbons (Fsp3) is 0.895. The summed E-state index contributed by atoms with van der Waals surface area (Å²) in [6, 6.07) is 0. The van der Waals surface area contributed by atoms with Crippen molar-refractivity contribution in [1.29, 1.82) is 0 Å². The number of nitrogens with one attached hydrogen (secondary N) is 1. The number of carbonyl (C=O) groups excluding carboxylic acids is 2. The molecule has 1 amide bonds. The molecule has 0 heterocycles. The van der Waals surface area contributed by atoms with Crippen LogP contribution in [0.5, 0.6) is 0 Å². The quantitative estimate of drug-likeness (QED) is 0.192. The summed E-state index contributed by atoms with van der Waals surface area (Å²) in [6.45, 7) is 8.96. The number of hydrogen-bond acceptors (Lipinski definition) is 9. The second-order valence-corrected chi connectivity index (χ2v) is 5.71. The zero-order valence-electron chi connectivity index (χ0n) is 17.8. The molecule has 0 unspecified atom stereocenters. The molecule has 10 nitrogen and oxygen atoms in total. The number of amides is 1. The van der Waals surface area contributed by atoms with Gasteiger partial charge in [-0.3, -0.25) is 4.79 Å². The minimum atomic E-state index is -0.385. The Balaban J connectivity index is 3.19. The van der Waals surface area contributed by atoms with Crippen molar-refractivity contribution in [2.75, 3.05) is 92.4 Å². The fourth-order valence-electron chi connectivity index (χ4n) is 1.86. The van der Waals surface area contributed by atoms with E-state index >= 15 is 0 Å². The van der Waals surface area contributed by atoms with E-state index in [1.165, 1.54) is 0 Å². The van der Waals surface area contributed by atoms with Crippen LogP contribution in [0.25, 0.3) is 0 Å². The van der Waals surface area contributed by atoms with Gasteiger partial charge in [0, 0.05) is 13.2 Å². The molecular weight excluding hydrogens is 386 g/mol. The van der Waals surface area contributed by atoms with Crippen molar-refractivity contribution < 1.29 is 42.7 Å². The van der Waals surface area contributed by atoms with E-state index in [1.54, 1.807) is 6.92 Å². The smallest absolute Gasteiger partial charge is 0.332 e. The molecule has 0 aliphatic rings. The summed E-state index contributed by atoms with van der Waals surface area (Å²) >= 11 is 0. The zero-order valence-corrected chi connectivity index (χ0v) is 17.8. The highest BCUT2D eigenvalue weighted by Gasteiger charge is 2.02. The molecule has 0 rings (SSSR count). The highest BCUT2D eigenvalue weighted by Crippen LogP contribution is 1.85. The molecule has 0 bridgehead atoms. The van der Waals surface area contributed by atoms with Crippen LogP contribution in [0.1, 0.15) is 20.3 Å². The van der Waals surface area contributed by atoms with Gasteiger partial charge < -0.3 is 38.5 Å². The standard InChI is InChI=1S/C19H37NO9/c1-3-6-23-8-10-25-12-14-27-16-18(21)20-5-7-24-9-11-26-13-15-28-17-19(22)29-4-2/h3-17H2,1-2H3,(H,20,21). The van der Waals surface area contributed by atoms with Gasteiger partial charge in [0.25, 0.3) is 0 Å². The Labute approximate surface area is 173 Å². The van der Waals surface area contributed by atoms with Crippen LogP contribution in [0.15, 0.2) is 0 Å². The van der Waals surface area contributed by atoms with E-state index < -0.39 is 0 Å². The fourth-order valence-corrected chi connectivity index (χ4v) is 1.86. The predicted octanol–water partition coefficient (Wildman–Crippen LogP) is 0.175. The molecule has 0 fully saturated rings. The van der Waals surface area contributed by atoms with E-state index in [0.29, 0.717) is 72.6 Å². The summed E-state index contributed by atoms with van der Waals surface area (Å²) in [5.41, 5.74) is 0. The Hall–Kier alpha value is -1.30. The Morgan fingerprint density at radius 2 is 1.10 bits per heavy atom. The number of rotatable bonds is 22.